The fraction of sp³-hybridized carbons (Fsp3) is 0.167. The van der Waals surface area contributed by atoms with Gasteiger partial charge in [0.05, 0.1) is 6.26 Å². The van der Waals surface area contributed by atoms with Crippen LogP contribution < -0.4 is 0 Å². The Labute approximate surface area is 78.0 Å². The minimum absolute atomic E-state index is 0.344. The molecule has 1 atom stereocenters. The Hall–Kier alpha value is -1.50. The lowest BCUT2D eigenvalue weighted by molar-refractivity contribution is 0.496. The fourth-order valence-corrected chi connectivity index (χ4v) is 1.44. The second-order valence-corrected chi connectivity index (χ2v) is 3.15. The molecule has 0 amide bonds. The van der Waals surface area contributed by atoms with E-state index in [-0.39, 0.29) is 0 Å². The molecule has 1 aromatic heterocycles. The molecule has 1 heteroatoms. The van der Waals surface area contributed by atoms with E-state index in [0.29, 0.717) is 5.92 Å². The summed E-state index contributed by atoms with van der Waals surface area (Å²) in [7, 11) is 0. The lowest BCUT2D eigenvalue weighted by atomic mass is 9.99. The van der Waals surface area contributed by atoms with Crippen molar-refractivity contribution in [3.05, 3.63) is 60.1 Å². The Morgan fingerprint density at radius 3 is 2.38 bits per heavy atom. The van der Waals surface area contributed by atoms with Crippen LogP contribution in [0.15, 0.2) is 53.1 Å². The van der Waals surface area contributed by atoms with Gasteiger partial charge >= 0.3 is 0 Å². The first-order valence-electron chi connectivity index (χ1n) is 4.46. The van der Waals surface area contributed by atoms with Gasteiger partial charge in [-0.25, -0.2) is 0 Å². The fourth-order valence-electron chi connectivity index (χ4n) is 1.44. The molecule has 0 aliphatic heterocycles. The molecule has 1 unspecified atom stereocenters. The van der Waals surface area contributed by atoms with Gasteiger partial charge in [0.25, 0.3) is 0 Å². The molecule has 0 N–H and O–H groups in total. The van der Waals surface area contributed by atoms with Crippen LogP contribution in [0.2, 0.25) is 0 Å². The zero-order valence-corrected chi connectivity index (χ0v) is 7.60. The summed E-state index contributed by atoms with van der Waals surface area (Å²) in [5.74, 6) is 1.36. The number of hydrogen-bond acceptors (Lipinski definition) is 1. The van der Waals surface area contributed by atoms with Crippen molar-refractivity contribution in [3.8, 4) is 0 Å². The van der Waals surface area contributed by atoms with Gasteiger partial charge in [-0.1, -0.05) is 37.3 Å². The van der Waals surface area contributed by atoms with Crippen molar-refractivity contribution in [2.45, 2.75) is 12.8 Å². The van der Waals surface area contributed by atoms with Gasteiger partial charge in [-0.2, -0.15) is 0 Å². The van der Waals surface area contributed by atoms with Gasteiger partial charge < -0.3 is 4.42 Å². The van der Waals surface area contributed by atoms with E-state index >= 15 is 0 Å². The maximum Gasteiger partial charge on any atom is 0.110 e. The van der Waals surface area contributed by atoms with Crippen molar-refractivity contribution in [1.82, 2.24) is 0 Å². The Morgan fingerprint density at radius 1 is 1.00 bits per heavy atom. The lowest BCUT2D eigenvalue weighted by Gasteiger charge is -2.07. The van der Waals surface area contributed by atoms with Crippen molar-refractivity contribution in [3.63, 3.8) is 0 Å². The molecule has 2 rings (SSSR count). The van der Waals surface area contributed by atoms with Crippen molar-refractivity contribution >= 4 is 0 Å². The smallest absolute Gasteiger partial charge is 0.110 e. The monoisotopic (exact) mass is 172 g/mol. The van der Waals surface area contributed by atoms with Crippen LogP contribution in [0.1, 0.15) is 24.2 Å². The van der Waals surface area contributed by atoms with E-state index in [1.165, 1.54) is 5.56 Å². The van der Waals surface area contributed by atoms with Gasteiger partial charge in [-0.05, 0) is 17.7 Å². The van der Waals surface area contributed by atoms with Crippen LogP contribution in [0, 0.1) is 0 Å². The largest absolute Gasteiger partial charge is 0.469 e. The maximum absolute atomic E-state index is 5.35. The molecule has 66 valence electrons. The average Bonchev–Trinajstić information content (AvgIpc) is 2.71. The first-order chi connectivity index (χ1) is 6.38. The highest BCUT2D eigenvalue weighted by Crippen LogP contribution is 2.23. The van der Waals surface area contributed by atoms with Gasteiger partial charge in [0.1, 0.15) is 5.76 Å². The molecule has 13 heavy (non-hydrogen) atoms. The molecule has 0 spiro atoms. The first kappa shape index (κ1) is 8.11. The molecule has 1 heterocycles. The molecule has 0 radical (unpaired) electrons. The highest BCUT2D eigenvalue weighted by atomic mass is 16.3. The van der Waals surface area contributed by atoms with E-state index in [4.69, 9.17) is 4.42 Å². The number of furan rings is 1. The Morgan fingerprint density at radius 2 is 1.77 bits per heavy atom. The number of hydrogen-bond donors (Lipinski definition) is 0. The van der Waals surface area contributed by atoms with Crippen molar-refractivity contribution in [1.29, 1.82) is 0 Å². The van der Waals surface area contributed by atoms with Crippen LogP contribution in [0.25, 0.3) is 0 Å². The molecule has 2 aromatic rings. The summed E-state index contributed by atoms with van der Waals surface area (Å²) in [5.41, 5.74) is 1.29. The van der Waals surface area contributed by atoms with Crippen LogP contribution in [-0.2, 0) is 0 Å². The van der Waals surface area contributed by atoms with Crippen LogP contribution in [0.3, 0.4) is 0 Å². The molecule has 1 aromatic carbocycles. The zero-order chi connectivity index (χ0) is 9.10. The molecule has 0 fully saturated rings. The summed E-state index contributed by atoms with van der Waals surface area (Å²) in [6.45, 7) is 2.15. The van der Waals surface area contributed by atoms with Crippen LogP contribution in [0.4, 0.5) is 0 Å². The standard InChI is InChI=1S/C12H12O/c1-10(12-8-5-9-13-12)11-6-3-2-4-7-11/h2-10H,1H3. The Balaban J connectivity index is 2.29. The molecule has 0 bridgehead atoms. The number of rotatable bonds is 2. The van der Waals surface area contributed by atoms with E-state index in [1.807, 2.05) is 18.2 Å². The van der Waals surface area contributed by atoms with Gasteiger partial charge in [0.15, 0.2) is 0 Å². The second kappa shape index (κ2) is 3.48. The third-order valence-corrected chi connectivity index (χ3v) is 2.27. The molecule has 0 saturated carbocycles. The van der Waals surface area contributed by atoms with Crippen molar-refractivity contribution < 1.29 is 4.42 Å². The van der Waals surface area contributed by atoms with E-state index in [0.717, 1.165) is 5.76 Å². The predicted octanol–water partition coefficient (Wildman–Crippen LogP) is 3.43. The van der Waals surface area contributed by atoms with Gasteiger partial charge in [-0.3, -0.25) is 0 Å². The van der Waals surface area contributed by atoms with Gasteiger partial charge in [0.2, 0.25) is 0 Å². The summed E-state index contributed by atoms with van der Waals surface area (Å²) >= 11 is 0. The molecule has 0 aliphatic carbocycles. The summed E-state index contributed by atoms with van der Waals surface area (Å²) in [6, 6.07) is 14.3. The predicted molar refractivity (Wildman–Crippen MR) is 52.7 cm³/mol. The van der Waals surface area contributed by atoms with E-state index < -0.39 is 0 Å². The molecule has 0 saturated heterocycles. The third kappa shape index (κ3) is 1.64. The van der Waals surface area contributed by atoms with Gasteiger partial charge in [0, 0.05) is 5.92 Å². The SMILES string of the molecule is CC(c1ccccc1)c1ccco1. The van der Waals surface area contributed by atoms with Crippen LogP contribution in [-0.4, -0.2) is 0 Å². The highest BCUT2D eigenvalue weighted by Gasteiger charge is 2.09. The molecular weight excluding hydrogens is 160 g/mol. The van der Waals surface area contributed by atoms with Crippen molar-refractivity contribution in [2.24, 2.45) is 0 Å². The number of benzene rings is 1. The highest BCUT2D eigenvalue weighted by molar-refractivity contribution is 5.25. The van der Waals surface area contributed by atoms with Crippen LogP contribution >= 0.6 is 0 Å². The molecule has 0 aliphatic rings. The van der Waals surface area contributed by atoms with E-state index in [2.05, 4.69) is 31.2 Å². The summed E-state index contributed by atoms with van der Waals surface area (Å²) in [4.78, 5) is 0. The van der Waals surface area contributed by atoms with Crippen LogP contribution in [0.5, 0.6) is 0 Å². The molecule has 1 nitrogen and oxygen atoms in total. The minimum Gasteiger partial charge on any atom is -0.469 e. The third-order valence-electron chi connectivity index (χ3n) is 2.27. The van der Waals surface area contributed by atoms with E-state index in [1.54, 1.807) is 6.26 Å². The molecular formula is C12H12O. The topological polar surface area (TPSA) is 13.1 Å². The average molecular weight is 172 g/mol. The summed E-state index contributed by atoms with van der Waals surface area (Å²) in [6.07, 6.45) is 1.72. The second-order valence-electron chi connectivity index (χ2n) is 3.15. The van der Waals surface area contributed by atoms with Crippen molar-refractivity contribution in [2.75, 3.05) is 0 Å². The summed E-state index contributed by atoms with van der Waals surface area (Å²) in [5, 5.41) is 0. The lowest BCUT2D eigenvalue weighted by Crippen LogP contribution is -1.92. The van der Waals surface area contributed by atoms with E-state index in [9.17, 15) is 0 Å². The Bertz CT molecular complexity index is 348. The zero-order valence-electron chi connectivity index (χ0n) is 7.60. The quantitative estimate of drug-likeness (QED) is 0.676. The Kier molecular flexibility index (Phi) is 2.17. The normalized spacial score (nSPS) is 12.7. The minimum atomic E-state index is 0.344. The summed E-state index contributed by atoms with van der Waals surface area (Å²) < 4.78 is 5.35. The maximum atomic E-state index is 5.35. The first-order valence-corrected chi connectivity index (χ1v) is 4.46. The van der Waals surface area contributed by atoms with Gasteiger partial charge in [-0.15, -0.1) is 0 Å².